The van der Waals surface area contributed by atoms with Gasteiger partial charge in [0.1, 0.15) is 5.54 Å². The minimum atomic E-state index is -0.471. The van der Waals surface area contributed by atoms with E-state index >= 15 is 0 Å². The van der Waals surface area contributed by atoms with E-state index in [0.717, 1.165) is 24.1 Å². The van der Waals surface area contributed by atoms with E-state index in [0.29, 0.717) is 0 Å². The van der Waals surface area contributed by atoms with Crippen molar-refractivity contribution in [1.82, 2.24) is 4.98 Å². The normalized spacial score (nSPS) is 22.9. The fourth-order valence-electron chi connectivity index (χ4n) is 6.19. The number of hydrogen-bond donors (Lipinski definition) is 1. The van der Waals surface area contributed by atoms with Crippen molar-refractivity contribution >= 4 is 33.8 Å². The summed E-state index contributed by atoms with van der Waals surface area (Å²) < 4.78 is 0. The Hall–Kier alpha value is -3.98. The van der Waals surface area contributed by atoms with Crippen LogP contribution in [-0.4, -0.2) is 11.2 Å². The van der Waals surface area contributed by atoms with Gasteiger partial charge in [-0.15, -0.1) is 0 Å². The number of H-pyrrole nitrogens is 1. The molecule has 172 valence electrons. The number of benzene rings is 3. The summed E-state index contributed by atoms with van der Waals surface area (Å²) in [5.74, 6) is 0.266. The largest absolute Gasteiger partial charge is 0.326 e. The van der Waals surface area contributed by atoms with Gasteiger partial charge in [0.2, 0.25) is 5.56 Å². The van der Waals surface area contributed by atoms with Crippen molar-refractivity contribution in [3.05, 3.63) is 123 Å². The van der Waals surface area contributed by atoms with Crippen LogP contribution in [0.3, 0.4) is 0 Å². The Kier molecular flexibility index (Phi) is 5.14. The zero-order chi connectivity index (χ0) is 24.0. The summed E-state index contributed by atoms with van der Waals surface area (Å²) in [6.07, 6.45) is 12.4. The molecule has 3 nitrogen and oxygen atoms in total. The maximum atomic E-state index is 12.1. The van der Waals surface area contributed by atoms with E-state index in [2.05, 4.69) is 97.7 Å². The molecule has 1 aromatic heterocycles. The van der Waals surface area contributed by atoms with E-state index in [-0.39, 0.29) is 11.5 Å². The molecule has 0 spiro atoms. The topological polar surface area (TPSA) is 45.2 Å². The van der Waals surface area contributed by atoms with Gasteiger partial charge in [-0.2, -0.15) is 0 Å². The summed E-state index contributed by atoms with van der Waals surface area (Å²) in [6.45, 7) is 4.30. The average Bonchev–Trinajstić information content (AvgIpc) is 2.85. The number of nitrogens with zero attached hydrogens (tertiary/aromatic N) is 1. The first kappa shape index (κ1) is 21.5. The summed E-state index contributed by atoms with van der Waals surface area (Å²) in [5, 5.41) is 4.94. The molecule has 1 N–H and O–H groups in total. The number of aliphatic imine (C=N–C) groups is 1. The molecular weight excluding hydrogens is 428 g/mol. The van der Waals surface area contributed by atoms with E-state index in [4.69, 9.17) is 4.99 Å². The molecule has 35 heavy (non-hydrogen) atoms. The molecule has 1 heterocycles. The number of allylic oxidation sites excluding steroid dienone is 3. The second kappa shape index (κ2) is 8.35. The third kappa shape index (κ3) is 3.50. The highest BCUT2D eigenvalue weighted by atomic mass is 16.1. The number of pyridine rings is 1. The Bertz CT molecular complexity index is 1600. The number of nitrogens with one attached hydrogen (secondary N) is 1. The van der Waals surface area contributed by atoms with Crippen LogP contribution in [0.25, 0.3) is 27.6 Å². The summed E-state index contributed by atoms with van der Waals surface area (Å²) in [6, 6.07) is 22.9. The van der Waals surface area contributed by atoms with Gasteiger partial charge in [-0.3, -0.25) is 9.79 Å². The Morgan fingerprint density at radius 1 is 1.00 bits per heavy atom. The number of aromatic amines is 1. The van der Waals surface area contributed by atoms with Gasteiger partial charge in [0.05, 0.1) is 0 Å². The SMILES string of the molecule is C/C=C1\[C@H]2C=C(C)C[C@]1(N=C/C=C/c1c3ccccc3cc3ccccc13)c1ccc(=O)[nH]c1C2. The van der Waals surface area contributed by atoms with Gasteiger partial charge < -0.3 is 4.98 Å². The van der Waals surface area contributed by atoms with Gasteiger partial charge in [0.25, 0.3) is 0 Å². The van der Waals surface area contributed by atoms with Crippen LogP contribution in [0.15, 0.2) is 106 Å². The second-order valence-electron chi connectivity index (χ2n) is 9.69. The molecule has 0 unspecified atom stereocenters. The average molecular weight is 457 g/mol. The highest BCUT2D eigenvalue weighted by Crippen LogP contribution is 2.51. The molecule has 0 fully saturated rings. The van der Waals surface area contributed by atoms with Crippen LogP contribution in [0.4, 0.5) is 0 Å². The second-order valence-corrected chi connectivity index (χ2v) is 9.69. The quantitative estimate of drug-likeness (QED) is 0.199. The van der Waals surface area contributed by atoms with Gasteiger partial charge in [-0.25, -0.2) is 0 Å². The maximum Gasteiger partial charge on any atom is 0.248 e. The molecule has 2 aliphatic rings. The van der Waals surface area contributed by atoms with Crippen molar-refractivity contribution in [2.75, 3.05) is 0 Å². The Morgan fingerprint density at radius 3 is 2.43 bits per heavy atom. The first-order chi connectivity index (χ1) is 17.1. The predicted molar refractivity (Wildman–Crippen MR) is 147 cm³/mol. The molecule has 3 aromatic carbocycles. The standard InChI is InChI=1S/C32H28N2O/c1-3-28-24-17-21(2)20-32(28,29-14-15-31(35)34-30(29)19-24)33-16-8-13-27-25-11-6-4-9-22(25)18-23-10-5-7-12-26(23)27/h3-18,24H,19-20H2,1-2H3,(H,34,35)/b13-8+,28-3+,33-16?/t24-,32+/m0/s1. The zero-order valence-electron chi connectivity index (χ0n) is 20.1. The highest BCUT2D eigenvalue weighted by molar-refractivity contribution is 6.07. The van der Waals surface area contributed by atoms with Crippen molar-refractivity contribution in [2.45, 2.75) is 32.2 Å². The van der Waals surface area contributed by atoms with Crippen LogP contribution in [0.1, 0.15) is 37.1 Å². The zero-order valence-corrected chi connectivity index (χ0v) is 20.1. The molecule has 2 bridgehead atoms. The van der Waals surface area contributed by atoms with Crippen LogP contribution in [-0.2, 0) is 12.0 Å². The summed E-state index contributed by atoms with van der Waals surface area (Å²) in [4.78, 5) is 20.4. The van der Waals surface area contributed by atoms with Crippen molar-refractivity contribution in [1.29, 1.82) is 0 Å². The molecule has 0 radical (unpaired) electrons. The van der Waals surface area contributed by atoms with Crippen molar-refractivity contribution in [2.24, 2.45) is 10.9 Å². The number of aromatic nitrogens is 1. The lowest BCUT2D eigenvalue weighted by Crippen LogP contribution is -2.40. The Morgan fingerprint density at radius 2 is 1.71 bits per heavy atom. The summed E-state index contributed by atoms with van der Waals surface area (Å²) in [7, 11) is 0. The molecule has 4 aromatic rings. The molecule has 0 saturated carbocycles. The molecular formula is C32H28N2O. The fourth-order valence-corrected chi connectivity index (χ4v) is 6.19. The van der Waals surface area contributed by atoms with Gasteiger partial charge in [-0.05, 0) is 71.2 Å². The van der Waals surface area contributed by atoms with E-state index < -0.39 is 5.54 Å². The Labute approximate surface area is 205 Å². The highest BCUT2D eigenvalue weighted by Gasteiger charge is 2.46. The smallest absolute Gasteiger partial charge is 0.248 e. The lowest BCUT2D eigenvalue weighted by molar-refractivity contribution is 0.413. The van der Waals surface area contributed by atoms with E-state index in [1.807, 2.05) is 12.3 Å². The number of hydrogen-bond acceptors (Lipinski definition) is 2. The van der Waals surface area contributed by atoms with Gasteiger partial charge in [0.15, 0.2) is 0 Å². The minimum Gasteiger partial charge on any atom is -0.326 e. The van der Waals surface area contributed by atoms with Crippen LogP contribution in [0.5, 0.6) is 0 Å². The van der Waals surface area contributed by atoms with E-state index in [1.165, 1.54) is 38.3 Å². The minimum absolute atomic E-state index is 0.0479. The first-order valence-electron chi connectivity index (χ1n) is 12.3. The van der Waals surface area contributed by atoms with Crippen LogP contribution in [0.2, 0.25) is 0 Å². The third-order valence-electron chi connectivity index (χ3n) is 7.54. The lowest BCUT2D eigenvalue weighted by atomic mass is 9.63. The predicted octanol–water partition coefficient (Wildman–Crippen LogP) is 7.13. The van der Waals surface area contributed by atoms with Gasteiger partial charge in [-0.1, -0.05) is 72.3 Å². The van der Waals surface area contributed by atoms with Crippen molar-refractivity contribution in [3.8, 4) is 0 Å². The summed E-state index contributed by atoms with van der Waals surface area (Å²) >= 11 is 0. The fraction of sp³-hybridized carbons (Fsp3) is 0.188. The van der Waals surface area contributed by atoms with E-state index in [1.54, 1.807) is 6.07 Å². The number of fused-ring (bicyclic) bond motifs is 6. The van der Waals surface area contributed by atoms with Crippen LogP contribution in [0, 0.1) is 5.92 Å². The molecule has 2 atom stereocenters. The molecule has 2 aliphatic carbocycles. The van der Waals surface area contributed by atoms with Crippen LogP contribution >= 0.6 is 0 Å². The molecule has 0 saturated heterocycles. The Balaban J connectivity index is 1.47. The van der Waals surface area contributed by atoms with Gasteiger partial charge >= 0.3 is 0 Å². The first-order valence-corrected chi connectivity index (χ1v) is 12.3. The maximum absolute atomic E-state index is 12.1. The molecule has 6 rings (SSSR count). The van der Waals surface area contributed by atoms with Crippen molar-refractivity contribution in [3.63, 3.8) is 0 Å². The third-order valence-corrected chi connectivity index (χ3v) is 7.54. The van der Waals surface area contributed by atoms with Crippen molar-refractivity contribution < 1.29 is 0 Å². The monoisotopic (exact) mass is 456 g/mol. The van der Waals surface area contributed by atoms with E-state index in [9.17, 15) is 4.79 Å². The molecule has 0 aliphatic heterocycles. The number of rotatable bonds is 3. The lowest BCUT2D eigenvalue weighted by Gasteiger charge is -2.45. The molecule has 3 heteroatoms. The molecule has 0 amide bonds. The van der Waals surface area contributed by atoms with Gasteiger partial charge in [0, 0.05) is 35.9 Å². The summed E-state index contributed by atoms with van der Waals surface area (Å²) in [5.41, 5.74) is 5.49. The van der Waals surface area contributed by atoms with Crippen LogP contribution < -0.4 is 5.56 Å².